The third kappa shape index (κ3) is 4.06. The van der Waals surface area contributed by atoms with Crippen molar-refractivity contribution in [1.29, 1.82) is 0 Å². The van der Waals surface area contributed by atoms with E-state index in [0.29, 0.717) is 6.42 Å². The molecule has 0 saturated carbocycles. The van der Waals surface area contributed by atoms with Crippen LogP contribution >= 0.6 is 0 Å². The van der Waals surface area contributed by atoms with Gasteiger partial charge in [-0.15, -0.1) is 0 Å². The zero-order valence-electron chi connectivity index (χ0n) is 6.04. The van der Waals surface area contributed by atoms with E-state index < -0.39 is 5.97 Å². The molecule has 0 bridgehead atoms. The van der Waals surface area contributed by atoms with Crippen molar-refractivity contribution >= 4 is 12.3 Å². The monoisotopic (exact) mass is 144 g/mol. The number of carboxylic acids is 1. The summed E-state index contributed by atoms with van der Waals surface area (Å²) in [5, 5.41) is 8.33. The molecular formula is C7H12O3. The molecule has 1 unspecified atom stereocenters. The molecule has 3 nitrogen and oxygen atoms in total. The van der Waals surface area contributed by atoms with Crippen LogP contribution in [0.1, 0.15) is 26.2 Å². The molecule has 0 radical (unpaired) electrons. The van der Waals surface area contributed by atoms with Gasteiger partial charge in [0.2, 0.25) is 0 Å². The molecule has 10 heavy (non-hydrogen) atoms. The molecule has 3 heteroatoms. The van der Waals surface area contributed by atoms with Gasteiger partial charge in [-0.25, -0.2) is 0 Å². The lowest BCUT2D eigenvalue weighted by atomic mass is 10.00. The van der Waals surface area contributed by atoms with E-state index in [1.807, 2.05) is 6.92 Å². The molecule has 0 fully saturated rings. The van der Waals surface area contributed by atoms with E-state index in [9.17, 15) is 9.59 Å². The fraction of sp³-hybridized carbons (Fsp3) is 0.714. The lowest BCUT2D eigenvalue weighted by molar-refractivity contribution is -0.138. The SMILES string of the molecule is CCC(CC=O)CC(=O)O. The van der Waals surface area contributed by atoms with E-state index >= 15 is 0 Å². The van der Waals surface area contributed by atoms with Crippen LogP contribution < -0.4 is 0 Å². The summed E-state index contributed by atoms with van der Waals surface area (Å²) in [5.74, 6) is -0.802. The lowest BCUT2D eigenvalue weighted by Crippen LogP contribution is -2.06. The Morgan fingerprint density at radius 2 is 2.30 bits per heavy atom. The van der Waals surface area contributed by atoms with Crippen LogP contribution in [-0.2, 0) is 9.59 Å². The van der Waals surface area contributed by atoms with Crippen LogP contribution in [0.4, 0.5) is 0 Å². The molecular weight excluding hydrogens is 132 g/mol. The highest BCUT2D eigenvalue weighted by Crippen LogP contribution is 2.10. The van der Waals surface area contributed by atoms with Gasteiger partial charge in [-0.2, -0.15) is 0 Å². The van der Waals surface area contributed by atoms with Crippen molar-refractivity contribution in [3.8, 4) is 0 Å². The Morgan fingerprint density at radius 1 is 1.70 bits per heavy atom. The Balaban J connectivity index is 3.59. The second kappa shape index (κ2) is 4.97. The van der Waals surface area contributed by atoms with Gasteiger partial charge in [0.25, 0.3) is 0 Å². The van der Waals surface area contributed by atoms with Crippen molar-refractivity contribution in [2.45, 2.75) is 26.2 Å². The maximum absolute atomic E-state index is 10.1. The summed E-state index contributed by atoms with van der Waals surface area (Å²) in [5.41, 5.74) is 0. The average molecular weight is 144 g/mol. The molecule has 1 N–H and O–H groups in total. The van der Waals surface area contributed by atoms with E-state index in [-0.39, 0.29) is 12.3 Å². The number of hydrogen-bond acceptors (Lipinski definition) is 2. The molecule has 0 aliphatic rings. The van der Waals surface area contributed by atoms with Crippen LogP contribution in [0.15, 0.2) is 0 Å². The largest absolute Gasteiger partial charge is 0.481 e. The van der Waals surface area contributed by atoms with Crippen molar-refractivity contribution in [2.75, 3.05) is 0 Å². The first-order valence-electron chi connectivity index (χ1n) is 3.36. The third-order valence-electron chi connectivity index (χ3n) is 1.47. The van der Waals surface area contributed by atoms with Crippen LogP contribution in [0.5, 0.6) is 0 Å². The predicted octanol–water partition coefficient (Wildman–Crippen LogP) is 1.08. The Morgan fingerprint density at radius 3 is 2.60 bits per heavy atom. The Kier molecular flexibility index (Phi) is 4.54. The highest BCUT2D eigenvalue weighted by Gasteiger charge is 2.09. The van der Waals surface area contributed by atoms with Crippen LogP contribution in [0.2, 0.25) is 0 Å². The van der Waals surface area contributed by atoms with Crippen molar-refractivity contribution in [3.63, 3.8) is 0 Å². The van der Waals surface area contributed by atoms with E-state index in [2.05, 4.69) is 0 Å². The Hall–Kier alpha value is -0.860. The number of carbonyl (C=O) groups excluding carboxylic acids is 1. The van der Waals surface area contributed by atoms with Crippen molar-refractivity contribution in [1.82, 2.24) is 0 Å². The molecule has 0 amide bonds. The van der Waals surface area contributed by atoms with E-state index in [4.69, 9.17) is 5.11 Å². The summed E-state index contributed by atoms with van der Waals surface area (Å²) in [7, 11) is 0. The topological polar surface area (TPSA) is 54.4 Å². The molecule has 58 valence electrons. The van der Waals surface area contributed by atoms with Gasteiger partial charge in [0.1, 0.15) is 6.29 Å². The zero-order chi connectivity index (χ0) is 7.98. The van der Waals surface area contributed by atoms with Gasteiger partial charge in [0.15, 0.2) is 0 Å². The van der Waals surface area contributed by atoms with Crippen LogP contribution in [-0.4, -0.2) is 17.4 Å². The molecule has 1 atom stereocenters. The van der Waals surface area contributed by atoms with Crippen molar-refractivity contribution in [2.24, 2.45) is 5.92 Å². The number of rotatable bonds is 5. The second-order valence-electron chi connectivity index (χ2n) is 2.27. The standard InChI is InChI=1S/C7H12O3/c1-2-6(3-4-8)5-7(9)10/h4,6H,2-3,5H2,1H3,(H,9,10). The van der Waals surface area contributed by atoms with E-state index in [1.54, 1.807) is 0 Å². The summed E-state index contributed by atoms with van der Waals surface area (Å²) in [6.07, 6.45) is 2.00. The minimum Gasteiger partial charge on any atom is -0.481 e. The van der Waals surface area contributed by atoms with Gasteiger partial charge in [0, 0.05) is 12.8 Å². The van der Waals surface area contributed by atoms with Gasteiger partial charge in [-0.1, -0.05) is 13.3 Å². The molecule has 0 saturated heterocycles. The molecule has 0 aromatic rings. The summed E-state index contributed by atoms with van der Waals surface area (Å²) in [6, 6.07) is 0. The first kappa shape index (κ1) is 9.14. The number of hydrogen-bond donors (Lipinski definition) is 1. The average Bonchev–Trinajstić information content (AvgIpc) is 1.86. The lowest BCUT2D eigenvalue weighted by Gasteiger charge is -2.05. The fourth-order valence-corrected chi connectivity index (χ4v) is 0.777. The molecule has 0 aliphatic heterocycles. The molecule has 0 rings (SSSR count). The summed E-state index contributed by atoms with van der Waals surface area (Å²) >= 11 is 0. The normalized spacial score (nSPS) is 12.5. The van der Waals surface area contributed by atoms with Crippen molar-refractivity contribution < 1.29 is 14.7 Å². The third-order valence-corrected chi connectivity index (χ3v) is 1.47. The second-order valence-corrected chi connectivity index (χ2v) is 2.27. The summed E-state index contributed by atoms with van der Waals surface area (Å²) in [4.78, 5) is 20.1. The highest BCUT2D eigenvalue weighted by molar-refractivity contribution is 5.67. The van der Waals surface area contributed by atoms with Crippen LogP contribution in [0, 0.1) is 5.92 Å². The molecule has 0 heterocycles. The number of carbonyl (C=O) groups is 2. The van der Waals surface area contributed by atoms with Crippen LogP contribution in [0.3, 0.4) is 0 Å². The maximum atomic E-state index is 10.1. The van der Waals surface area contributed by atoms with Gasteiger partial charge in [-0.05, 0) is 5.92 Å². The molecule has 0 aliphatic carbocycles. The van der Waals surface area contributed by atoms with Gasteiger partial charge < -0.3 is 9.90 Å². The minimum atomic E-state index is -0.825. The zero-order valence-corrected chi connectivity index (χ0v) is 6.04. The molecule has 0 spiro atoms. The fourth-order valence-electron chi connectivity index (χ4n) is 0.777. The quantitative estimate of drug-likeness (QED) is 0.587. The number of carboxylic acid groups (broad SMARTS) is 1. The highest BCUT2D eigenvalue weighted by atomic mass is 16.4. The minimum absolute atomic E-state index is 0.0231. The Bertz CT molecular complexity index is 120. The Labute approximate surface area is 60.0 Å². The summed E-state index contributed by atoms with van der Waals surface area (Å²) in [6.45, 7) is 1.89. The first-order valence-corrected chi connectivity index (χ1v) is 3.36. The number of aliphatic carboxylic acids is 1. The van der Waals surface area contributed by atoms with Gasteiger partial charge in [0.05, 0.1) is 0 Å². The van der Waals surface area contributed by atoms with Crippen LogP contribution in [0.25, 0.3) is 0 Å². The first-order chi connectivity index (χ1) is 4.70. The maximum Gasteiger partial charge on any atom is 0.303 e. The van der Waals surface area contributed by atoms with Gasteiger partial charge >= 0.3 is 5.97 Å². The predicted molar refractivity (Wildman–Crippen MR) is 36.7 cm³/mol. The smallest absolute Gasteiger partial charge is 0.303 e. The van der Waals surface area contributed by atoms with E-state index in [0.717, 1.165) is 12.7 Å². The number of aldehydes is 1. The van der Waals surface area contributed by atoms with E-state index in [1.165, 1.54) is 0 Å². The molecule has 0 aromatic carbocycles. The van der Waals surface area contributed by atoms with Gasteiger partial charge in [-0.3, -0.25) is 4.79 Å². The molecule has 0 aromatic heterocycles. The summed E-state index contributed by atoms with van der Waals surface area (Å²) < 4.78 is 0. The van der Waals surface area contributed by atoms with Crippen molar-refractivity contribution in [3.05, 3.63) is 0 Å².